The molecule has 1 atom stereocenters. The molecule has 20 heavy (non-hydrogen) atoms. The van der Waals surface area contributed by atoms with Crippen LogP contribution < -0.4 is 0 Å². The van der Waals surface area contributed by atoms with Crippen LogP contribution in [-0.4, -0.2) is 35.1 Å². The number of aliphatic carboxylic acids is 1. The molecular formula is C17H25NO2. The zero-order valence-corrected chi connectivity index (χ0v) is 12.6. The highest BCUT2D eigenvalue weighted by molar-refractivity contribution is 5.67. The maximum absolute atomic E-state index is 11.1. The summed E-state index contributed by atoms with van der Waals surface area (Å²) in [5.74, 6) is -0.690. The van der Waals surface area contributed by atoms with Gasteiger partial charge in [-0.05, 0) is 62.9 Å². The molecule has 3 heteroatoms. The molecule has 1 fully saturated rings. The number of carbonyl (C=O) groups is 1. The van der Waals surface area contributed by atoms with Crippen molar-refractivity contribution >= 4 is 5.97 Å². The molecular weight excluding hydrogens is 250 g/mol. The highest BCUT2D eigenvalue weighted by Crippen LogP contribution is 2.19. The van der Waals surface area contributed by atoms with E-state index in [4.69, 9.17) is 5.11 Å². The van der Waals surface area contributed by atoms with E-state index in [2.05, 4.69) is 36.9 Å². The fourth-order valence-corrected chi connectivity index (χ4v) is 3.02. The Morgan fingerprint density at radius 1 is 1.20 bits per heavy atom. The SMILES string of the molecule is Cc1ccc(CC(CC(=O)O)N2CCCCC2)cc1C. The fraction of sp³-hybridized carbons (Fsp3) is 0.588. The van der Waals surface area contributed by atoms with E-state index in [1.54, 1.807) is 0 Å². The summed E-state index contributed by atoms with van der Waals surface area (Å²) in [6, 6.07) is 6.61. The fourth-order valence-electron chi connectivity index (χ4n) is 3.02. The van der Waals surface area contributed by atoms with Crippen LogP contribution in [0.5, 0.6) is 0 Å². The zero-order valence-electron chi connectivity index (χ0n) is 12.6. The number of hydrogen-bond donors (Lipinski definition) is 1. The van der Waals surface area contributed by atoms with Crippen molar-refractivity contribution in [1.29, 1.82) is 0 Å². The van der Waals surface area contributed by atoms with Crippen LogP contribution in [0.4, 0.5) is 0 Å². The predicted molar refractivity (Wildman–Crippen MR) is 81.1 cm³/mol. The molecule has 0 saturated carbocycles. The lowest BCUT2D eigenvalue weighted by Crippen LogP contribution is -2.41. The number of carboxylic acids is 1. The number of piperidine rings is 1. The average molecular weight is 275 g/mol. The van der Waals surface area contributed by atoms with Crippen LogP contribution in [0.15, 0.2) is 18.2 Å². The number of likely N-dealkylation sites (tertiary alicyclic amines) is 1. The van der Waals surface area contributed by atoms with Crippen molar-refractivity contribution in [3.8, 4) is 0 Å². The summed E-state index contributed by atoms with van der Waals surface area (Å²) in [6.45, 7) is 6.32. The zero-order chi connectivity index (χ0) is 14.5. The van der Waals surface area contributed by atoms with E-state index in [1.165, 1.54) is 36.0 Å². The highest BCUT2D eigenvalue weighted by atomic mass is 16.4. The smallest absolute Gasteiger partial charge is 0.304 e. The summed E-state index contributed by atoms with van der Waals surface area (Å²) < 4.78 is 0. The van der Waals surface area contributed by atoms with Crippen LogP contribution in [0.2, 0.25) is 0 Å². The predicted octanol–water partition coefficient (Wildman–Crippen LogP) is 3.18. The van der Waals surface area contributed by atoms with E-state index < -0.39 is 5.97 Å². The highest BCUT2D eigenvalue weighted by Gasteiger charge is 2.23. The third-order valence-corrected chi connectivity index (χ3v) is 4.36. The molecule has 1 aromatic rings. The van der Waals surface area contributed by atoms with Crippen molar-refractivity contribution in [2.24, 2.45) is 0 Å². The third-order valence-electron chi connectivity index (χ3n) is 4.36. The summed E-state index contributed by atoms with van der Waals surface area (Å²) >= 11 is 0. The Hall–Kier alpha value is -1.35. The Bertz CT molecular complexity index is 464. The van der Waals surface area contributed by atoms with Gasteiger partial charge in [0.05, 0.1) is 6.42 Å². The summed E-state index contributed by atoms with van der Waals surface area (Å²) in [4.78, 5) is 13.5. The van der Waals surface area contributed by atoms with Crippen LogP contribution in [-0.2, 0) is 11.2 Å². The van der Waals surface area contributed by atoms with Crippen LogP contribution in [0.3, 0.4) is 0 Å². The lowest BCUT2D eigenvalue weighted by atomic mass is 9.97. The van der Waals surface area contributed by atoms with Crippen LogP contribution in [0, 0.1) is 13.8 Å². The average Bonchev–Trinajstić information content (AvgIpc) is 2.43. The second-order valence-corrected chi connectivity index (χ2v) is 5.97. The summed E-state index contributed by atoms with van der Waals surface area (Å²) in [5, 5.41) is 9.16. The number of hydrogen-bond acceptors (Lipinski definition) is 2. The molecule has 0 bridgehead atoms. The lowest BCUT2D eigenvalue weighted by molar-refractivity contribution is -0.138. The van der Waals surface area contributed by atoms with Gasteiger partial charge in [-0.1, -0.05) is 24.6 Å². The molecule has 0 aromatic heterocycles. The van der Waals surface area contributed by atoms with E-state index in [0.29, 0.717) is 0 Å². The summed E-state index contributed by atoms with van der Waals surface area (Å²) in [5.41, 5.74) is 3.83. The van der Waals surface area contributed by atoms with E-state index in [0.717, 1.165) is 19.5 Å². The summed E-state index contributed by atoms with van der Waals surface area (Å²) in [6.07, 6.45) is 4.76. The van der Waals surface area contributed by atoms with E-state index in [1.807, 2.05) is 0 Å². The first-order chi connectivity index (χ1) is 9.56. The molecule has 110 valence electrons. The first-order valence-corrected chi connectivity index (χ1v) is 7.58. The van der Waals surface area contributed by atoms with E-state index in [-0.39, 0.29) is 12.5 Å². The number of nitrogens with zero attached hydrogens (tertiary/aromatic N) is 1. The molecule has 2 rings (SSSR count). The normalized spacial score (nSPS) is 17.9. The van der Waals surface area contributed by atoms with Gasteiger partial charge in [0.25, 0.3) is 0 Å². The molecule has 0 radical (unpaired) electrons. The maximum atomic E-state index is 11.1. The van der Waals surface area contributed by atoms with Crippen LogP contribution >= 0.6 is 0 Å². The number of aryl methyl sites for hydroxylation is 2. The standard InChI is InChI=1S/C17H25NO2/c1-13-6-7-15(10-14(13)2)11-16(12-17(19)20)18-8-4-3-5-9-18/h6-7,10,16H,3-5,8-9,11-12H2,1-2H3,(H,19,20). The van der Waals surface area contributed by atoms with E-state index >= 15 is 0 Å². The van der Waals surface area contributed by atoms with Crippen molar-refractivity contribution in [2.75, 3.05) is 13.1 Å². The van der Waals surface area contributed by atoms with Crippen molar-refractivity contribution in [1.82, 2.24) is 4.90 Å². The van der Waals surface area contributed by atoms with Crippen molar-refractivity contribution < 1.29 is 9.90 Å². The lowest BCUT2D eigenvalue weighted by Gasteiger charge is -2.34. The second-order valence-electron chi connectivity index (χ2n) is 5.97. The van der Waals surface area contributed by atoms with Gasteiger partial charge in [-0.25, -0.2) is 0 Å². The Labute approximate surface area is 121 Å². The van der Waals surface area contributed by atoms with Gasteiger partial charge < -0.3 is 5.11 Å². The molecule has 1 heterocycles. The van der Waals surface area contributed by atoms with Gasteiger partial charge in [0.15, 0.2) is 0 Å². The molecule has 1 aliphatic heterocycles. The monoisotopic (exact) mass is 275 g/mol. The van der Waals surface area contributed by atoms with Crippen molar-refractivity contribution in [2.45, 2.75) is 52.0 Å². The van der Waals surface area contributed by atoms with Crippen LogP contribution in [0.25, 0.3) is 0 Å². The molecule has 1 unspecified atom stereocenters. The molecule has 3 nitrogen and oxygen atoms in total. The van der Waals surface area contributed by atoms with Gasteiger partial charge in [0, 0.05) is 6.04 Å². The molecule has 0 aliphatic carbocycles. The van der Waals surface area contributed by atoms with Crippen LogP contribution in [0.1, 0.15) is 42.4 Å². The molecule has 1 saturated heterocycles. The maximum Gasteiger partial charge on any atom is 0.304 e. The molecule has 1 aliphatic rings. The minimum absolute atomic E-state index is 0.134. The molecule has 1 aromatic carbocycles. The van der Waals surface area contributed by atoms with Gasteiger partial charge in [-0.2, -0.15) is 0 Å². The first kappa shape index (κ1) is 15.0. The van der Waals surface area contributed by atoms with Gasteiger partial charge in [0.1, 0.15) is 0 Å². The number of benzene rings is 1. The third kappa shape index (κ3) is 4.07. The van der Waals surface area contributed by atoms with Gasteiger partial charge in [0.2, 0.25) is 0 Å². The Morgan fingerprint density at radius 2 is 1.90 bits per heavy atom. The number of rotatable bonds is 5. The first-order valence-electron chi connectivity index (χ1n) is 7.58. The molecule has 0 spiro atoms. The Balaban J connectivity index is 2.09. The summed E-state index contributed by atoms with van der Waals surface area (Å²) in [7, 11) is 0. The molecule has 0 amide bonds. The van der Waals surface area contributed by atoms with Crippen molar-refractivity contribution in [3.05, 3.63) is 34.9 Å². The Kier molecular flexibility index (Phi) is 5.18. The molecule has 1 N–H and O–H groups in total. The van der Waals surface area contributed by atoms with E-state index in [9.17, 15) is 4.79 Å². The van der Waals surface area contributed by atoms with Gasteiger partial charge in [-0.15, -0.1) is 0 Å². The van der Waals surface area contributed by atoms with Gasteiger partial charge >= 0.3 is 5.97 Å². The minimum Gasteiger partial charge on any atom is -0.481 e. The topological polar surface area (TPSA) is 40.5 Å². The Morgan fingerprint density at radius 3 is 2.50 bits per heavy atom. The second kappa shape index (κ2) is 6.89. The minimum atomic E-state index is -0.690. The van der Waals surface area contributed by atoms with Gasteiger partial charge in [-0.3, -0.25) is 9.69 Å². The largest absolute Gasteiger partial charge is 0.481 e. The van der Waals surface area contributed by atoms with Crippen molar-refractivity contribution in [3.63, 3.8) is 0 Å². The number of carboxylic acid groups (broad SMARTS) is 1. The quantitative estimate of drug-likeness (QED) is 0.897.